The minimum absolute atomic E-state index is 0.156. The second-order valence-electron chi connectivity index (χ2n) is 9.98. The molecular formula is C23H39N3O6S. The predicted molar refractivity (Wildman–Crippen MR) is 127 cm³/mol. The van der Waals surface area contributed by atoms with Crippen LogP contribution in [-0.4, -0.2) is 76.7 Å². The molecule has 2 fully saturated rings. The van der Waals surface area contributed by atoms with Crippen molar-refractivity contribution in [1.29, 1.82) is 0 Å². The first-order chi connectivity index (χ1) is 15.5. The van der Waals surface area contributed by atoms with Crippen LogP contribution in [0.15, 0.2) is 0 Å². The van der Waals surface area contributed by atoms with Crippen molar-refractivity contribution >= 4 is 35.6 Å². The Kier molecular flexibility index (Phi) is 10.3. The van der Waals surface area contributed by atoms with Crippen molar-refractivity contribution in [2.45, 2.75) is 83.4 Å². The normalized spacial score (nSPS) is 24.1. The number of aliphatic carboxylic acids is 1. The molecule has 0 aromatic heterocycles. The fraction of sp³-hybridized carbons (Fsp3) is 0.826. The first-order valence-electron chi connectivity index (χ1n) is 11.8. The van der Waals surface area contributed by atoms with Crippen LogP contribution in [0.2, 0.25) is 0 Å². The number of carbonyl (C=O) groups is 4. The number of ether oxygens (including phenoxy) is 1. The van der Waals surface area contributed by atoms with Gasteiger partial charge in [0.1, 0.15) is 17.7 Å². The Balaban J connectivity index is 1.76. The lowest BCUT2D eigenvalue weighted by Gasteiger charge is -2.30. The van der Waals surface area contributed by atoms with Gasteiger partial charge in [0, 0.05) is 19.0 Å². The fourth-order valence-corrected chi connectivity index (χ4v) is 4.82. The monoisotopic (exact) mass is 485 g/mol. The standard InChI is InChI=1S/C23H39N3O6S/c1-23(2,3)32-22(31)26-12-5-6-18(26)20(28)24-14-15-7-9-16(10-8-15)19(27)25-17(21(29)30)11-13-33-4/h15-18H,5-14H2,1-4H3,(H,24,28)(H,25,27)(H,29,30)/t15?,16?,17-,18+/m0/s1. The van der Waals surface area contributed by atoms with Gasteiger partial charge in [-0.05, 0) is 83.6 Å². The Bertz CT molecular complexity index is 703. The predicted octanol–water partition coefficient (Wildman–Crippen LogP) is 2.63. The van der Waals surface area contributed by atoms with Gasteiger partial charge in [0.2, 0.25) is 11.8 Å². The van der Waals surface area contributed by atoms with Crippen molar-refractivity contribution in [3.8, 4) is 0 Å². The van der Waals surface area contributed by atoms with Crippen LogP contribution in [0.1, 0.15) is 65.7 Å². The molecule has 1 aliphatic carbocycles. The van der Waals surface area contributed by atoms with Gasteiger partial charge in [0.15, 0.2) is 0 Å². The van der Waals surface area contributed by atoms with Crippen LogP contribution in [0.4, 0.5) is 4.79 Å². The highest BCUT2D eigenvalue weighted by atomic mass is 32.2. The van der Waals surface area contributed by atoms with Crippen molar-refractivity contribution in [2.75, 3.05) is 25.1 Å². The molecule has 188 valence electrons. The number of carboxylic acid groups (broad SMARTS) is 1. The molecule has 1 saturated carbocycles. The highest BCUT2D eigenvalue weighted by molar-refractivity contribution is 7.98. The summed E-state index contributed by atoms with van der Waals surface area (Å²) < 4.78 is 5.43. The number of nitrogens with zero attached hydrogens (tertiary/aromatic N) is 1. The molecule has 0 bridgehead atoms. The topological polar surface area (TPSA) is 125 Å². The molecule has 10 heteroatoms. The summed E-state index contributed by atoms with van der Waals surface area (Å²) in [6, 6.07) is -1.35. The molecule has 3 amide bonds. The molecule has 0 radical (unpaired) electrons. The van der Waals surface area contributed by atoms with Crippen molar-refractivity contribution in [3.63, 3.8) is 0 Å². The highest BCUT2D eigenvalue weighted by Crippen LogP contribution is 2.29. The van der Waals surface area contributed by atoms with E-state index in [1.54, 1.807) is 32.5 Å². The summed E-state index contributed by atoms with van der Waals surface area (Å²) >= 11 is 1.55. The van der Waals surface area contributed by atoms with Gasteiger partial charge in [-0.3, -0.25) is 14.5 Å². The van der Waals surface area contributed by atoms with E-state index in [4.69, 9.17) is 4.74 Å². The van der Waals surface area contributed by atoms with E-state index in [0.717, 1.165) is 19.3 Å². The van der Waals surface area contributed by atoms with Crippen molar-refractivity contribution in [2.24, 2.45) is 11.8 Å². The smallest absolute Gasteiger partial charge is 0.410 e. The van der Waals surface area contributed by atoms with Crippen molar-refractivity contribution < 1.29 is 29.0 Å². The van der Waals surface area contributed by atoms with Gasteiger partial charge in [0.05, 0.1) is 0 Å². The van der Waals surface area contributed by atoms with Gasteiger partial charge >= 0.3 is 12.1 Å². The SMILES string of the molecule is CSCC[C@H](NC(=O)C1CCC(CNC(=O)[C@H]2CCCN2C(=O)OC(C)(C)C)CC1)C(=O)O. The molecule has 3 N–H and O–H groups in total. The van der Waals surface area contributed by atoms with E-state index in [1.165, 1.54) is 4.90 Å². The fourth-order valence-electron chi connectivity index (χ4n) is 4.35. The molecule has 0 spiro atoms. The molecular weight excluding hydrogens is 446 g/mol. The first-order valence-corrected chi connectivity index (χ1v) is 13.2. The highest BCUT2D eigenvalue weighted by Gasteiger charge is 2.37. The van der Waals surface area contributed by atoms with E-state index in [1.807, 2.05) is 6.26 Å². The maximum atomic E-state index is 12.7. The Morgan fingerprint density at radius 1 is 1.09 bits per heavy atom. The number of hydrogen-bond acceptors (Lipinski definition) is 6. The second kappa shape index (κ2) is 12.5. The van der Waals surface area contributed by atoms with Crippen LogP contribution >= 0.6 is 11.8 Å². The lowest BCUT2D eigenvalue weighted by molar-refractivity contribution is -0.142. The molecule has 0 unspecified atom stereocenters. The van der Waals surface area contributed by atoms with Gasteiger partial charge in [-0.2, -0.15) is 11.8 Å². The molecule has 1 saturated heterocycles. The van der Waals surface area contributed by atoms with E-state index < -0.39 is 29.7 Å². The van der Waals surface area contributed by atoms with Crippen LogP contribution in [0, 0.1) is 11.8 Å². The maximum Gasteiger partial charge on any atom is 0.410 e. The van der Waals surface area contributed by atoms with E-state index >= 15 is 0 Å². The number of amides is 3. The van der Waals surface area contributed by atoms with Gasteiger partial charge in [0.25, 0.3) is 0 Å². The molecule has 2 aliphatic rings. The average Bonchev–Trinajstić information content (AvgIpc) is 3.24. The first kappa shape index (κ1) is 27.3. The minimum atomic E-state index is -0.999. The van der Waals surface area contributed by atoms with Crippen molar-refractivity contribution in [3.05, 3.63) is 0 Å². The van der Waals surface area contributed by atoms with Gasteiger partial charge in [-0.25, -0.2) is 9.59 Å². The Hall–Kier alpha value is -1.97. The summed E-state index contributed by atoms with van der Waals surface area (Å²) in [5.41, 5.74) is -0.606. The van der Waals surface area contributed by atoms with Crippen LogP contribution < -0.4 is 10.6 Å². The molecule has 9 nitrogen and oxygen atoms in total. The average molecular weight is 486 g/mol. The molecule has 33 heavy (non-hydrogen) atoms. The minimum Gasteiger partial charge on any atom is -0.480 e. The lowest BCUT2D eigenvalue weighted by Crippen LogP contribution is -2.48. The number of likely N-dealkylation sites (tertiary alicyclic amines) is 1. The molecule has 1 aliphatic heterocycles. The number of carboxylic acids is 1. The summed E-state index contributed by atoms with van der Waals surface area (Å²) in [6.07, 6.45) is 6.19. The van der Waals surface area contributed by atoms with Crippen LogP contribution in [0.3, 0.4) is 0 Å². The summed E-state index contributed by atoms with van der Waals surface area (Å²) in [4.78, 5) is 50.5. The van der Waals surface area contributed by atoms with E-state index in [-0.39, 0.29) is 23.7 Å². The molecule has 1 heterocycles. The van der Waals surface area contributed by atoms with Crippen molar-refractivity contribution in [1.82, 2.24) is 15.5 Å². The summed E-state index contributed by atoms with van der Waals surface area (Å²) in [6.45, 7) is 6.44. The van der Waals surface area contributed by atoms with Crippen LogP contribution in [0.5, 0.6) is 0 Å². The third kappa shape index (κ3) is 8.72. The molecule has 2 rings (SSSR count). The third-order valence-electron chi connectivity index (χ3n) is 6.19. The number of nitrogens with one attached hydrogen (secondary N) is 2. The van der Waals surface area contributed by atoms with E-state index in [2.05, 4.69) is 10.6 Å². The largest absolute Gasteiger partial charge is 0.480 e. The summed E-state index contributed by atoms with van der Waals surface area (Å²) in [5, 5.41) is 15.0. The second-order valence-corrected chi connectivity index (χ2v) is 11.0. The Morgan fingerprint density at radius 2 is 1.76 bits per heavy atom. The quantitative estimate of drug-likeness (QED) is 0.458. The molecule has 0 aromatic rings. The maximum absolute atomic E-state index is 12.7. The molecule has 2 atom stereocenters. The van der Waals surface area contributed by atoms with Crippen LogP contribution in [-0.2, 0) is 19.1 Å². The number of rotatable bonds is 9. The summed E-state index contributed by atoms with van der Waals surface area (Å²) in [5.74, 6) is -0.593. The Labute approximate surface area is 200 Å². The van der Waals surface area contributed by atoms with Gasteiger partial charge in [-0.1, -0.05) is 0 Å². The number of hydrogen-bond donors (Lipinski definition) is 3. The lowest BCUT2D eigenvalue weighted by atomic mass is 9.81. The summed E-state index contributed by atoms with van der Waals surface area (Å²) in [7, 11) is 0. The third-order valence-corrected chi connectivity index (χ3v) is 6.84. The molecule has 0 aromatic carbocycles. The zero-order chi connectivity index (χ0) is 24.6. The Morgan fingerprint density at radius 3 is 2.33 bits per heavy atom. The van der Waals surface area contributed by atoms with E-state index in [0.29, 0.717) is 44.5 Å². The van der Waals surface area contributed by atoms with E-state index in [9.17, 15) is 24.3 Å². The zero-order valence-electron chi connectivity index (χ0n) is 20.2. The number of carbonyl (C=O) groups excluding carboxylic acids is 3. The number of thioether (sulfide) groups is 1. The van der Waals surface area contributed by atoms with Crippen LogP contribution in [0.25, 0.3) is 0 Å². The van der Waals surface area contributed by atoms with Gasteiger partial charge in [-0.15, -0.1) is 0 Å². The zero-order valence-corrected chi connectivity index (χ0v) is 21.0. The van der Waals surface area contributed by atoms with Gasteiger partial charge < -0.3 is 20.5 Å².